The van der Waals surface area contributed by atoms with Gasteiger partial charge in [-0.15, -0.1) is 5.10 Å². The fraction of sp³-hybridized carbons (Fsp3) is 0.867. The van der Waals surface area contributed by atoms with Crippen LogP contribution in [0.4, 0.5) is 0 Å². The Morgan fingerprint density at radius 2 is 1.83 bits per heavy atom. The lowest BCUT2D eigenvalue weighted by molar-refractivity contribution is 0.238. The molecule has 2 heterocycles. The van der Waals surface area contributed by atoms with Crippen molar-refractivity contribution in [2.75, 3.05) is 27.2 Å². The molecule has 0 amide bonds. The molecule has 8 heteroatoms. The van der Waals surface area contributed by atoms with E-state index in [4.69, 9.17) is 0 Å². The van der Waals surface area contributed by atoms with Gasteiger partial charge >= 0.3 is 0 Å². The number of piperidine rings is 1. The van der Waals surface area contributed by atoms with Crippen molar-refractivity contribution in [2.45, 2.75) is 51.0 Å². The van der Waals surface area contributed by atoms with Gasteiger partial charge in [-0.2, -0.15) is 17.0 Å². The minimum atomic E-state index is -3.27. The van der Waals surface area contributed by atoms with Crippen molar-refractivity contribution in [3.05, 3.63) is 11.9 Å². The Kier molecular flexibility index (Phi) is 5.03. The van der Waals surface area contributed by atoms with E-state index in [9.17, 15) is 8.42 Å². The average molecular weight is 341 g/mol. The molecule has 23 heavy (non-hydrogen) atoms. The van der Waals surface area contributed by atoms with Crippen LogP contribution in [0.25, 0.3) is 0 Å². The first-order valence-electron chi connectivity index (χ1n) is 8.54. The van der Waals surface area contributed by atoms with Gasteiger partial charge in [0.05, 0.1) is 5.69 Å². The maximum atomic E-state index is 12.1. The first-order valence-corrected chi connectivity index (χ1v) is 9.94. The minimum absolute atomic E-state index is 0.474. The van der Waals surface area contributed by atoms with E-state index in [1.807, 2.05) is 4.68 Å². The van der Waals surface area contributed by atoms with Crippen LogP contribution in [0.15, 0.2) is 6.20 Å². The second-order valence-electron chi connectivity index (χ2n) is 6.98. The molecule has 1 aliphatic carbocycles. The fourth-order valence-corrected chi connectivity index (χ4v) is 4.76. The van der Waals surface area contributed by atoms with Gasteiger partial charge in [0.25, 0.3) is 10.2 Å². The molecular formula is C15H27N5O2S. The average Bonchev–Trinajstić information content (AvgIpc) is 3.18. The van der Waals surface area contributed by atoms with Crippen molar-refractivity contribution in [1.29, 1.82) is 0 Å². The molecule has 0 aromatic carbocycles. The van der Waals surface area contributed by atoms with E-state index in [1.54, 1.807) is 18.4 Å². The molecule has 0 N–H and O–H groups in total. The van der Waals surface area contributed by atoms with Crippen LogP contribution in [0.2, 0.25) is 0 Å². The Morgan fingerprint density at radius 3 is 2.43 bits per heavy atom. The molecule has 0 radical (unpaired) electrons. The summed E-state index contributed by atoms with van der Waals surface area (Å²) in [6.45, 7) is 2.03. The monoisotopic (exact) mass is 341 g/mol. The Hall–Kier alpha value is -0.990. The SMILES string of the molecule is CN(C)S(=O)(=O)N1CCC(Cn2cc(C3CCCC3)nn2)CC1. The summed E-state index contributed by atoms with van der Waals surface area (Å²) in [5.74, 6) is 1.07. The molecule has 1 aliphatic heterocycles. The maximum absolute atomic E-state index is 12.1. The van der Waals surface area contributed by atoms with Crippen LogP contribution in [0.1, 0.15) is 50.1 Å². The fourth-order valence-electron chi connectivity index (χ4n) is 3.63. The lowest BCUT2D eigenvalue weighted by Gasteiger charge is -2.32. The van der Waals surface area contributed by atoms with Crippen LogP contribution >= 0.6 is 0 Å². The third-order valence-corrected chi connectivity index (χ3v) is 7.08. The molecule has 1 saturated heterocycles. The second kappa shape index (κ2) is 6.86. The zero-order valence-electron chi connectivity index (χ0n) is 14.1. The van der Waals surface area contributed by atoms with Crippen molar-refractivity contribution < 1.29 is 8.42 Å². The zero-order valence-corrected chi connectivity index (χ0v) is 14.9. The van der Waals surface area contributed by atoms with Gasteiger partial charge in [0.15, 0.2) is 0 Å². The summed E-state index contributed by atoms with van der Waals surface area (Å²) in [7, 11) is -0.102. The van der Waals surface area contributed by atoms with Gasteiger partial charge in [0.2, 0.25) is 0 Å². The standard InChI is InChI=1S/C15H27N5O2S/c1-18(2)23(21,22)20-9-7-13(8-10-20)11-19-12-15(16-17-19)14-5-3-4-6-14/h12-14H,3-11H2,1-2H3. The largest absolute Gasteiger partial charge is 0.281 e. The highest BCUT2D eigenvalue weighted by Crippen LogP contribution is 2.32. The molecule has 0 spiro atoms. The highest BCUT2D eigenvalue weighted by atomic mass is 32.2. The van der Waals surface area contributed by atoms with Gasteiger partial charge < -0.3 is 0 Å². The normalized spacial score (nSPS) is 22.2. The van der Waals surface area contributed by atoms with E-state index >= 15 is 0 Å². The summed E-state index contributed by atoms with van der Waals surface area (Å²) in [5, 5.41) is 8.62. The molecule has 3 rings (SSSR count). The van der Waals surface area contributed by atoms with E-state index in [-0.39, 0.29) is 0 Å². The van der Waals surface area contributed by atoms with Gasteiger partial charge in [-0.25, -0.2) is 0 Å². The van der Waals surface area contributed by atoms with Crippen LogP contribution < -0.4 is 0 Å². The maximum Gasteiger partial charge on any atom is 0.281 e. The van der Waals surface area contributed by atoms with Crippen LogP contribution in [-0.2, 0) is 16.8 Å². The third-order valence-electron chi connectivity index (χ3n) is 5.14. The summed E-state index contributed by atoms with van der Waals surface area (Å²) >= 11 is 0. The van der Waals surface area contributed by atoms with Crippen molar-refractivity contribution >= 4 is 10.2 Å². The molecule has 1 aromatic heterocycles. The molecule has 1 saturated carbocycles. The van der Waals surface area contributed by atoms with E-state index in [0.29, 0.717) is 24.9 Å². The minimum Gasteiger partial charge on any atom is -0.252 e. The van der Waals surface area contributed by atoms with Crippen LogP contribution in [0, 0.1) is 5.92 Å². The molecule has 2 fully saturated rings. The number of aromatic nitrogens is 3. The number of rotatable bonds is 5. The third kappa shape index (κ3) is 3.75. The van der Waals surface area contributed by atoms with Gasteiger partial charge in [0, 0.05) is 45.8 Å². The smallest absolute Gasteiger partial charge is 0.252 e. The summed E-state index contributed by atoms with van der Waals surface area (Å²) in [6, 6.07) is 0. The lowest BCUT2D eigenvalue weighted by atomic mass is 9.98. The molecule has 2 aliphatic rings. The number of hydrogen-bond donors (Lipinski definition) is 0. The quantitative estimate of drug-likeness (QED) is 0.813. The summed E-state index contributed by atoms with van der Waals surface area (Å²) < 4.78 is 29.1. The van der Waals surface area contributed by atoms with Crippen LogP contribution in [0.5, 0.6) is 0 Å². The lowest BCUT2D eigenvalue weighted by Crippen LogP contribution is -2.44. The van der Waals surface area contributed by atoms with E-state index < -0.39 is 10.2 Å². The van der Waals surface area contributed by atoms with Crippen molar-refractivity contribution in [1.82, 2.24) is 23.6 Å². The highest BCUT2D eigenvalue weighted by Gasteiger charge is 2.30. The molecule has 1 aromatic rings. The molecule has 0 atom stereocenters. The van der Waals surface area contributed by atoms with Crippen molar-refractivity contribution in [3.8, 4) is 0 Å². The first kappa shape index (κ1) is 16.9. The summed E-state index contributed by atoms with van der Waals surface area (Å²) in [4.78, 5) is 0. The highest BCUT2D eigenvalue weighted by molar-refractivity contribution is 7.86. The Labute approximate surface area is 138 Å². The number of hydrogen-bond acceptors (Lipinski definition) is 4. The van der Waals surface area contributed by atoms with Crippen molar-refractivity contribution in [3.63, 3.8) is 0 Å². The molecule has 7 nitrogen and oxygen atoms in total. The number of nitrogens with zero attached hydrogens (tertiary/aromatic N) is 5. The van der Waals surface area contributed by atoms with E-state index in [2.05, 4.69) is 16.5 Å². The van der Waals surface area contributed by atoms with Gasteiger partial charge in [0.1, 0.15) is 0 Å². The molecular weight excluding hydrogens is 314 g/mol. The Balaban J connectivity index is 1.53. The van der Waals surface area contributed by atoms with E-state index in [1.165, 1.54) is 30.0 Å². The predicted octanol–water partition coefficient (Wildman–Crippen LogP) is 1.45. The zero-order chi connectivity index (χ0) is 16.4. The Morgan fingerprint density at radius 1 is 1.17 bits per heavy atom. The van der Waals surface area contributed by atoms with Gasteiger partial charge in [-0.05, 0) is 31.6 Å². The summed E-state index contributed by atoms with van der Waals surface area (Å²) in [5.41, 5.74) is 1.13. The van der Waals surface area contributed by atoms with Crippen LogP contribution in [-0.4, -0.2) is 59.2 Å². The second-order valence-corrected chi connectivity index (χ2v) is 9.12. The predicted molar refractivity (Wildman–Crippen MR) is 88.1 cm³/mol. The van der Waals surface area contributed by atoms with E-state index in [0.717, 1.165) is 25.1 Å². The van der Waals surface area contributed by atoms with Gasteiger partial charge in [-0.1, -0.05) is 18.1 Å². The topological polar surface area (TPSA) is 71.3 Å². The molecule has 0 unspecified atom stereocenters. The van der Waals surface area contributed by atoms with Crippen LogP contribution in [0.3, 0.4) is 0 Å². The van der Waals surface area contributed by atoms with Crippen molar-refractivity contribution in [2.24, 2.45) is 5.92 Å². The summed E-state index contributed by atoms with van der Waals surface area (Å²) in [6.07, 6.45) is 8.93. The molecule has 130 valence electrons. The van der Waals surface area contributed by atoms with Gasteiger partial charge in [-0.3, -0.25) is 4.68 Å². The first-order chi connectivity index (χ1) is 11.0. The molecule has 0 bridgehead atoms. The Bertz CT molecular complexity index is 614.